The first-order valence-electron chi connectivity index (χ1n) is 6.15. The van der Waals surface area contributed by atoms with Crippen LogP contribution in [0.1, 0.15) is 19.8 Å². The first-order chi connectivity index (χ1) is 8.98. The van der Waals surface area contributed by atoms with Crippen molar-refractivity contribution in [2.45, 2.75) is 19.8 Å². The van der Waals surface area contributed by atoms with Gasteiger partial charge >= 0.3 is 0 Å². The van der Waals surface area contributed by atoms with Gasteiger partial charge in [-0.1, -0.05) is 6.92 Å². The molecule has 0 aromatic heterocycles. The Kier molecular flexibility index (Phi) is 4.20. The second kappa shape index (κ2) is 5.54. The van der Waals surface area contributed by atoms with E-state index in [0.29, 0.717) is 13.0 Å². The Morgan fingerprint density at radius 2 is 2.26 bits per heavy atom. The summed E-state index contributed by atoms with van der Waals surface area (Å²) in [6, 6.07) is 1.89. The van der Waals surface area contributed by atoms with Gasteiger partial charge in [0.1, 0.15) is 5.82 Å². The number of carbonyl (C=O) groups excluding carboxylic acids is 1. The average molecular weight is 333 g/mol. The third-order valence-electron chi connectivity index (χ3n) is 3.65. The van der Waals surface area contributed by atoms with Crippen molar-refractivity contribution in [3.8, 4) is 0 Å². The topological polar surface area (TPSA) is 41.1 Å². The summed E-state index contributed by atoms with van der Waals surface area (Å²) >= 11 is 3.06. The summed E-state index contributed by atoms with van der Waals surface area (Å²) in [7, 11) is 0. The largest absolute Gasteiger partial charge is 0.322 e. The summed E-state index contributed by atoms with van der Waals surface area (Å²) in [4.78, 5) is 12.3. The fourth-order valence-corrected chi connectivity index (χ4v) is 2.81. The smallest absolute Gasteiger partial charge is 0.232 e. The number of benzene rings is 1. The first kappa shape index (κ1) is 14.4. The molecule has 104 valence electrons. The lowest BCUT2D eigenvalue weighted by molar-refractivity contribution is -0.124. The Bertz CT molecular complexity index is 478. The van der Waals surface area contributed by atoms with Crippen LogP contribution in [0.4, 0.5) is 14.5 Å². The van der Waals surface area contributed by atoms with Crippen LogP contribution < -0.4 is 10.6 Å². The van der Waals surface area contributed by atoms with Gasteiger partial charge in [0.2, 0.25) is 5.91 Å². The Morgan fingerprint density at radius 1 is 1.53 bits per heavy atom. The number of amides is 1. The van der Waals surface area contributed by atoms with Crippen LogP contribution in [0.2, 0.25) is 0 Å². The minimum absolute atomic E-state index is 0.00822. The van der Waals surface area contributed by atoms with Crippen LogP contribution in [-0.4, -0.2) is 19.0 Å². The first-order valence-corrected chi connectivity index (χ1v) is 6.94. The van der Waals surface area contributed by atoms with Crippen LogP contribution in [0, 0.1) is 17.0 Å². The Labute approximate surface area is 118 Å². The third kappa shape index (κ3) is 2.79. The van der Waals surface area contributed by atoms with Crippen LogP contribution in [0.25, 0.3) is 0 Å². The van der Waals surface area contributed by atoms with Gasteiger partial charge < -0.3 is 10.6 Å². The molecule has 1 aromatic rings. The second-order valence-corrected chi connectivity index (χ2v) is 5.61. The van der Waals surface area contributed by atoms with Gasteiger partial charge in [0, 0.05) is 17.1 Å². The monoisotopic (exact) mass is 332 g/mol. The van der Waals surface area contributed by atoms with Crippen molar-refractivity contribution < 1.29 is 13.6 Å². The number of carbonyl (C=O) groups is 1. The van der Waals surface area contributed by atoms with Crippen LogP contribution in [0.5, 0.6) is 0 Å². The molecular formula is C13H15BrF2N2O. The lowest BCUT2D eigenvalue weighted by Gasteiger charge is -2.25. The van der Waals surface area contributed by atoms with Crippen molar-refractivity contribution in [1.82, 2.24) is 5.32 Å². The molecule has 0 saturated carbocycles. The molecule has 1 amide bonds. The highest BCUT2D eigenvalue weighted by atomic mass is 79.9. The third-order valence-corrected chi connectivity index (χ3v) is 4.27. The molecule has 2 rings (SSSR count). The molecule has 6 heteroatoms. The Morgan fingerprint density at radius 3 is 2.79 bits per heavy atom. The molecule has 0 bridgehead atoms. The zero-order valence-electron chi connectivity index (χ0n) is 10.5. The molecule has 1 aliphatic heterocycles. The van der Waals surface area contributed by atoms with E-state index in [1.54, 1.807) is 0 Å². The maximum atomic E-state index is 13.7. The zero-order valence-corrected chi connectivity index (χ0v) is 12.1. The number of rotatable bonds is 3. The van der Waals surface area contributed by atoms with Gasteiger partial charge in [-0.25, -0.2) is 8.78 Å². The van der Waals surface area contributed by atoms with Crippen molar-refractivity contribution >= 4 is 27.5 Å². The van der Waals surface area contributed by atoms with Crippen molar-refractivity contribution in [2.24, 2.45) is 5.41 Å². The van der Waals surface area contributed by atoms with E-state index >= 15 is 0 Å². The highest BCUT2D eigenvalue weighted by Crippen LogP contribution is 2.33. The van der Waals surface area contributed by atoms with E-state index in [1.807, 2.05) is 6.92 Å². The van der Waals surface area contributed by atoms with E-state index in [-0.39, 0.29) is 16.1 Å². The van der Waals surface area contributed by atoms with Crippen molar-refractivity contribution in [3.63, 3.8) is 0 Å². The summed E-state index contributed by atoms with van der Waals surface area (Å²) in [5.74, 6) is -1.70. The highest BCUT2D eigenvalue weighted by molar-refractivity contribution is 9.10. The number of nitrogens with one attached hydrogen (secondary N) is 2. The SMILES string of the molecule is CCC1(C(=O)Nc2c(F)cc(F)cc2Br)CCNC1. The molecular weight excluding hydrogens is 318 g/mol. The van der Waals surface area contributed by atoms with Crippen LogP contribution >= 0.6 is 15.9 Å². The van der Waals surface area contributed by atoms with E-state index < -0.39 is 17.0 Å². The molecule has 1 atom stereocenters. The molecule has 19 heavy (non-hydrogen) atoms. The molecule has 1 saturated heterocycles. The van der Waals surface area contributed by atoms with Crippen molar-refractivity contribution in [1.29, 1.82) is 0 Å². The lowest BCUT2D eigenvalue weighted by Crippen LogP contribution is -2.37. The fourth-order valence-electron chi connectivity index (χ4n) is 2.31. The van der Waals surface area contributed by atoms with Gasteiger partial charge in [-0.15, -0.1) is 0 Å². The summed E-state index contributed by atoms with van der Waals surface area (Å²) in [6.07, 6.45) is 1.39. The minimum Gasteiger partial charge on any atom is -0.322 e. The summed E-state index contributed by atoms with van der Waals surface area (Å²) in [5, 5.41) is 5.71. The maximum absolute atomic E-state index is 13.7. The molecule has 1 aromatic carbocycles. The lowest BCUT2D eigenvalue weighted by atomic mass is 9.83. The molecule has 0 aliphatic carbocycles. The van der Waals surface area contributed by atoms with Gasteiger partial charge in [-0.2, -0.15) is 0 Å². The van der Waals surface area contributed by atoms with E-state index in [0.717, 1.165) is 25.1 Å². The highest BCUT2D eigenvalue weighted by Gasteiger charge is 2.39. The molecule has 1 fully saturated rings. The summed E-state index contributed by atoms with van der Waals surface area (Å²) in [5.41, 5.74) is -0.522. The molecule has 1 heterocycles. The number of halogens is 3. The number of hydrogen-bond acceptors (Lipinski definition) is 2. The van der Waals surface area contributed by atoms with Crippen molar-refractivity contribution in [3.05, 3.63) is 28.2 Å². The minimum atomic E-state index is -0.780. The molecule has 0 radical (unpaired) electrons. The van der Waals surface area contributed by atoms with E-state index in [4.69, 9.17) is 0 Å². The summed E-state index contributed by atoms with van der Waals surface area (Å²) < 4.78 is 26.9. The number of hydrogen-bond donors (Lipinski definition) is 2. The summed E-state index contributed by atoms with van der Waals surface area (Å²) in [6.45, 7) is 3.28. The molecule has 1 aliphatic rings. The maximum Gasteiger partial charge on any atom is 0.232 e. The molecule has 3 nitrogen and oxygen atoms in total. The van der Waals surface area contributed by atoms with Gasteiger partial charge in [0.05, 0.1) is 11.1 Å². The predicted molar refractivity (Wildman–Crippen MR) is 72.9 cm³/mol. The molecule has 0 spiro atoms. The van der Waals surface area contributed by atoms with Crippen molar-refractivity contribution in [2.75, 3.05) is 18.4 Å². The zero-order chi connectivity index (χ0) is 14.0. The van der Waals surface area contributed by atoms with E-state index in [2.05, 4.69) is 26.6 Å². The Hall–Kier alpha value is -1.01. The van der Waals surface area contributed by atoms with Gasteiger partial charge in [-0.05, 0) is 41.4 Å². The van der Waals surface area contributed by atoms with Crippen LogP contribution in [0.15, 0.2) is 16.6 Å². The van der Waals surface area contributed by atoms with E-state index in [9.17, 15) is 13.6 Å². The number of anilines is 1. The normalized spacial score (nSPS) is 22.5. The van der Waals surface area contributed by atoms with Gasteiger partial charge in [0.25, 0.3) is 0 Å². The molecule has 2 N–H and O–H groups in total. The predicted octanol–water partition coefficient (Wildman–Crippen LogP) is 3.06. The quantitative estimate of drug-likeness (QED) is 0.893. The van der Waals surface area contributed by atoms with Gasteiger partial charge in [-0.3, -0.25) is 4.79 Å². The van der Waals surface area contributed by atoms with Gasteiger partial charge in [0.15, 0.2) is 5.82 Å². The van der Waals surface area contributed by atoms with Crippen LogP contribution in [0.3, 0.4) is 0 Å². The fraction of sp³-hybridized carbons (Fsp3) is 0.462. The van der Waals surface area contributed by atoms with E-state index in [1.165, 1.54) is 0 Å². The Balaban J connectivity index is 2.24. The van der Waals surface area contributed by atoms with Crippen LogP contribution in [-0.2, 0) is 4.79 Å². The molecule has 1 unspecified atom stereocenters. The average Bonchev–Trinajstić information content (AvgIpc) is 2.83. The second-order valence-electron chi connectivity index (χ2n) is 4.76. The standard InChI is InChI=1S/C13H15BrF2N2O/c1-2-13(3-4-17-7-13)12(19)18-11-9(14)5-8(15)6-10(11)16/h5-6,17H,2-4,7H2,1H3,(H,18,19).